The molecule has 2 aromatic heterocycles. The molecular formula is C25H28N4O3. The number of hydrogen-bond donors (Lipinski definition) is 0. The number of aryl methyl sites for hydroxylation is 1. The van der Waals surface area contributed by atoms with E-state index in [1.165, 1.54) is 0 Å². The maximum Gasteiger partial charge on any atom is 0.261 e. The molecule has 1 aromatic carbocycles. The Morgan fingerprint density at radius 1 is 0.969 bits per heavy atom. The first kappa shape index (κ1) is 20.7. The van der Waals surface area contributed by atoms with Crippen molar-refractivity contribution in [3.05, 3.63) is 75.2 Å². The number of nitrogens with zero attached hydrogens (tertiary/aromatic N) is 4. The Labute approximate surface area is 186 Å². The van der Waals surface area contributed by atoms with Crippen LogP contribution >= 0.6 is 0 Å². The zero-order chi connectivity index (χ0) is 22.1. The summed E-state index contributed by atoms with van der Waals surface area (Å²) in [5.41, 5.74) is 1.85. The molecule has 0 radical (unpaired) electrons. The lowest BCUT2D eigenvalue weighted by molar-refractivity contribution is -0.134. The molecule has 2 atom stereocenters. The van der Waals surface area contributed by atoms with Crippen LogP contribution in [0.4, 0.5) is 0 Å². The van der Waals surface area contributed by atoms with Gasteiger partial charge in [0.2, 0.25) is 5.91 Å². The number of likely N-dealkylation sites (tertiary alicyclic amines) is 1. The number of piperidine rings is 1. The third kappa shape index (κ3) is 3.99. The second-order valence-corrected chi connectivity index (χ2v) is 9.07. The van der Waals surface area contributed by atoms with Crippen LogP contribution in [-0.4, -0.2) is 38.0 Å². The minimum atomic E-state index is -0.00841. The summed E-state index contributed by atoms with van der Waals surface area (Å²) in [6.07, 6.45) is 5.76. The predicted molar refractivity (Wildman–Crippen MR) is 123 cm³/mol. The number of amides is 1. The van der Waals surface area contributed by atoms with Crippen LogP contribution in [0.2, 0.25) is 0 Å². The summed E-state index contributed by atoms with van der Waals surface area (Å²) in [6, 6.07) is 12.9. The van der Waals surface area contributed by atoms with Gasteiger partial charge >= 0.3 is 0 Å². The zero-order valence-electron chi connectivity index (χ0n) is 18.2. The van der Waals surface area contributed by atoms with Crippen LogP contribution < -0.4 is 11.1 Å². The summed E-state index contributed by atoms with van der Waals surface area (Å²) in [6.45, 7) is 2.78. The Hall–Kier alpha value is -3.22. The van der Waals surface area contributed by atoms with Crippen molar-refractivity contribution < 1.29 is 4.79 Å². The third-order valence-electron chi connectivity index (χ3n) is 6.85. The quantitative estimate of drug-likeness (QED) is 0.561. The second kappa shape index (κ2) is 8.73. The molecule has 166 valence electrons. The number of para-hydroxylation sites is 1. The minimum Gasteiger partial charge on any atom is -0.342 e. The second-order valence-electron chi connectivity index (χ2n) is 9.07. The number of aromatic nitrogens is 3. The van der Waals surface area contributed by atoms with Gasteiger partial charge in [-0.05, 0) is 43.4 Å². The highest BCUT2D eigenvalue weighted by atomic mass is 16.2. The molecule has 1 fully saturated rings. The van der Waals surface area contributed by atoms with Crippen molar-refractivity contribution in [2.75, 3.05) is 13.1 Å². The highest BCUT2D eigenvalue weighted by molar-refractivity contribution is 5.77. The van der Waals surface area contributed by atoms with E-state index < -0.39 is 0 Å². The van der Waals surface area contributed by atoms with Crippen molar-refractivity contribution in [1.82, 2.24) is 19.0 Å². The average molecular weight is 433 g/mol. The molecule has 2 aliphatic rings. The van der Waals surface area contributed by atoms with Gasteiger partial charge in [-0.25, -0.2) is 4.98 Å². The number of rotatable bonds is 6. The van der Waals surface area contributed by atoms with Crippen LogP contribution in [0.5, 0.6) is 0 Å². The van der Waals surface area contributed by atoms with E-state index in [-0.39, 0.29) is 22.9 Å². The number of fused-ring (bicyclic) bond motifs is 5. The van der Waals surface area contributed by atoms with Crippen LogP contribution in [0.15, 0.2) is 58.4 Å². The van der Waals surface area contributed by atoms with Gasteiger partial charge in [-0.2, -0.15) is 0 Å². The summed E-state index contributed by atoms with van der Waals surface area (Å²) < 4.78 is 3.56. The van der Waals surface area contributed by atoms with E-state index in [2.05, 4.69) is 4.98 Å². The summed E-state index contributed by atoms with van der Waals surface area (Å²) in [5, 5.41) is 0.643. The van der Waals surface area contributed by atoms with Gasteiger partial charge in [-0.3, -0.25) is 19.0 Å². The highest BCUT2D eigenvalue weighted by Crippen LogP contribution is 2.35. The number of unbranched alkanes of at least 4 members (excludes halogenated alkanes) is 2. The van der Waals surface area contributed by atoms with Crippen molar-refractivity contribution in [2.24, 2.45) is 5.92 Å². The van der Waals surface area contributed by atoms with Crippen molar-refractivity contribution in [2.45, 2.75) is 51.1 Å². The maximum absolute atomic E-state index is 12.8. The molecule has 1 saturated heterocycles. The third-order valence-corrected chi connectivity index (χ3v) is 6.85. The summed E-state index contributed by atoms with van der Waals surface area (Å²) in [4.78, 5) is 43.9. The number of benzene rings is 1. The lowest BCUT2D eigenvalue weighted by atomic mass is 9.83. The first-order valence-corrected chi connectivity index (χ1v) is 11.5. The smallest absolute Gasteiger partial charge is 0.261 e. The Morgan fingerprint density at radius 2 is 1.84 bits per heavy atom. The SMILES string of the molecule is O=C(CCCCCn1cnc2ccccc2c1=O)N1C[C@H]2C[C@@H](C1)c1cccc(=O)n1C2. The van der Waals surface area contributed by atoms with Crippen molar-refractivity contribution in [3.8, 4) is 0 Å². The van der Waals surface area contributed by atoms with Crippen molar-refractivity contribution >= 4 is 16.8 Å². The molecule has 4 heterocycles. The largest absolute Gasteiger partial charge is 0.342 e. The molecule has 2 aliphatic heterocycles. The fraction of sp³-hybridized carbons (Fsp3) is 0.440. The molecular weight excluding hydrogens is 404 g/mol. The maximum atomic E-state index is 12.8. The summed E-state index contributed by atoms with van der Waals surface area (Å²) in [7, 11) is 0. The normalized spacial score (nSPS) is 19.7. The van der Waals surface area contributed by atoms with Gasteiger partial charge in [-0.1, -0.05) is 24.6 Å². The van der Waals surface area contributed by atoms with Gasteiger partial charge < -0.3 is 9.47 Å². The van der Waals surface area contributed by atoms with Gasteiger partial charge in [0.15, 0.2) is 0 Å². The molecule has 5 rings (SSSR count). The fourth-order valence-corrected chi connectivity index (χ4v) is 5.26. The minimum absolute atomic E-state index is 0.00841. The Kier molecular flexibility index (Phi) is 5.64. The first-order chi connectivity index (χ1) is 15.6. The molecule has 32 heavy (non-hydrogen) atoms. The molecule has 2 bridgehead atoms. The summed E-state index contributed by atoms with van der Waals surface area (Å²) in [5.74, 6) is 0.821. The standard InChI is InChI=1S/C25H28N4O3/c30-23(28-14-18-13-19(16-28)22-9-6-11-24(31)29(22)15-18)10-2-1-5-12-27-17-26-21-8-4-3-7-20(21)25(27)32/h3-4,6-9,11,17-19H,1-2,5,10,12-16H2/t18-,19+/m1/s1. The number of carbonyl (C=O) groups excluding carboxylic acids is 1. The molecule has 3 aromatic rings. The lowest BCUT2D eigenvalue weighted by Gasteiger charge is -2.42. The van der Waals surface area contributed by atoms with E-state index >= 15 is 0 Å². The van der Waals surface area contributed by atoms with Crippen LogP contribution in [0, 0.1) is 5.92 Å². The van der Waals surface area contributed by atoms with Gasteiger partial charge in [0.1, 0.15) is 0 Å². The molecule has 0 aliphatic carbocycles. The average Bonchev–Trinajstić information content (AvgIpc) is 2.81. The molecule has 0 spiro atoms. The zero-order valence-corrected chi connectivity index (χ0v) is 18.2. The molecule has 0 saturated carbocycles. The van der Waals surface area contributed by atoms with Gasteiger partial charge in [0, 0.05) is 50.3 Å². The van der Waals surface area contributed by atoms with E-state index in [4.69, 9.17) is 0 Å². The molecule has 1 amide bonds. The lowest BCUT2D eigenvalue weighted by Crippen LogP contribution is -2.49. The van der Waals surface area contributed by atoms with Crippen molar-refractivity contribution in [1.29, 1.82) is 0 Å². The number of pyridine rings is 1. The Bertz CT molecular complexity index is 1260. The van der Waals surface area contributed by atoms with Crippen LogP contribution in [0.1, 0.15) is 43.7 Å². The van der Waals surface area contributed by atoms with Gasteiger partial charge in [0.25, 0.3) is 11.1 Å². The van der Waals surface area contributed by atoms with E-state index in [9.17, 15) is 14.4 Å². The van der Waals surface area contributed by atoms with Crippen LogP contribution in [-0.2, 0) is 17.9 Å². The first-order valence-electron chi connectivity index (χ1n) is 11.5. The topological polar surface area (TPSA) is 77.2 Å². The van der Waals surface area contributed by atoms with Gasteiger partial charge in [0.05, 0.1) is 17.2 Å². The monoisotopic (exact) mass is 432 g/mol. The van der Waals surface area contributed by atoms with E-state index in [1.807, 2.05) is 45.9 Å². The van der Waals surface area contributed by atoms with Gasteiger partial charge in [-0.15, -0.1) is 0 Å². The molecule has 7 heteroatoms. The molecule has 7 nitrogen and oxygen atoms in total. The predicted octanol–water partition coefficient (Wildman–Crippen LogP) is 2.76. The highest BCUT2D eigenvalue weighted by Gasteiger charge is 2.35. The number of hydrogen-bond acceptors (Lipinski definition) is 4. The van der Waals surface area contributed by atoms with Crippen LogP contribution in [0.25, 0.3) is 10.9 Å². The van der Waals surface area contributed by atoms with E-state index in [0.717, 1.165) is 43.4 Å². The Morgan fingerprint density at radius 3 is 2.75 bits per heavy atom. The van der Waals surface area contributed by atoms with E-state index in [1.54, 1.807) is 17.0 Å². The fourth-order valence-electron chi connectivity index (χ4n) is 5.26. The molecule has 0 unspecified atom stereocenters. The summed E-state index contributed by atoms with van der Waals surface area (Å²) >= 11 is 0. The molecule has 0 N–H and O–H groups in total. The van der Waals surface area contributed by atoms with Crippen molar-refractivity contribution in [3.63, 3.8) is 0 Å². The van der Waals surface area contributed by atoms with E-state index in [0.29, 0.717) is 37.4 Å². The van der Waals surface area contributed by atoms with Crippen LogP contribution in [0.3, 0.4) is 0 Å². The number of carbonyl (C=O) groups is 1. The Balaban J connectivity index is 1.12.